The van der Waals surface area contributed by atoms with Crippen LogP contribution in [-0.4, -0.2) is 37.2 Å². The van der Waals surface area contributed by atoms with E-state index >= 15 is 0 Å². The number of rotatable bonds is 54. The van der Waals surface area contributed by atoms with Gasteiger partial charge in [-0.05, 0) is 128 Å². The van der Waals surface area contributed by atoms with Crippen LogP contribution in [0.3, 0.4) is 0 Å². The van der Waals surface area contributed by atoms with Gasteiger partial charge in [-0.3, -0.25) is 14.4 Å². The summed E-state index contributed by atoms with van der Waals surface area (Å²) in [5, 5.41) is 0. The second-order valence-electron chi connectivity index (χ2n) is 19.9. The summed E-state index contributed by atoms with van der Waals surface area (Å²) in [4.78, 5) is 38.0. The van der Waals surface area contributed by atoms with Gasteiger partial charge in [0.15, 0.2) is 6.10 Å². The van der Waals surface area contributed by atoms with Crippen molar-refractivity contribution in [1.82, 2.24) is 0 Å². The van der Waals surface area contributed by atoms with Crippen molar-refractivity contribution in [3.63, 3.8) is 0 Å². The van der Waals surface area contributed by atoms with E-state index in [1.807, 2.05) is 0 Å². The molecule has 0 saturated carbocycles. The third kappa shape index (κ3) is 61.8. The molecule has 0 saturated heterocycles. The molecule has 0 aliphatic rings. The van der Waals surface area contributed by atoms with Crippen molar-refractivity contribution >= 4 is 17.9 Å². The van der Waals surface area contributed by atoms with Gasteiger partial charge in [0.1, 0.15) is 13.2 Å². The lowest BCUT2D eigenvalue weighted by atomic mass is 10.1. The molecule has 0 radical (unpaired) electrons. The summed E-state index contributed by atoms with van der Waals surface area (Å²) in [6, 6.07) is 0. The fourth-order valence-electron chi connectivity index (χ4n) is 7.95. The molecule has 0 heterocycles. The third-order valence-corrected chi connectivity index (χ3v) is 12.5. The summed E-state index contributed by atoms with van der Waals surface area (Å²) >= 11 is 0. The molecule has 0 aromatic carbocycles. The summed E-state index contributed by atoms with van der Waals surface area (Å²) in [6.07, 6.45) is 92.6. The normalized spacial score (nSPS) is 13.2. The standard InChI is InChI=1S/C71H112O6/c1-4-7-10-13-16-18-20-22-24-26-28-30-31-32-33-34-35-36-37-38-39-41-42-44-46-48-50-52-55-58-61-64-70(73)76-67-68(66-75-69(72)63-60-57-54-15-12-9-6-3)77-71(74)65-62-59-56-53-51-49-47-45-43-40-29-27-25-23-21-19-17-14-11-8-5-2/h7-8,10-11,16-19,22-25,28-30,32-33,35-36,38-40,42,44-45,47,68H,4-6,9,12-15,20-21,26-27,31,34,37,41,43,46,48-67H2,1-3H3/b10-7-,11-8-,18-16-,19-17-,24-22-,25-23-,30-28-,33-32-,36-35-,39-38-,40-29-,44-42-,47-45-. The van der Waals surface area contributed by atoms with Crippen molar-refractivity contribution in [2.24, 2.45) is 0 Å². The number of unbranched alkanes of at least 4 members (excludes halogenated alkanes) is 17. The minimum Gasteiger partial charge on any atom is -0.462 e. The first kappa shape index (κ1) is 72.0. The molecule has 0 bridgehead atoms. The number of hydrogen-bond donors (Lipinski definition) is 0. The molecule has 6 heteroatoms. The molecule has 0 N–H and O–H groups in total. The van der Waals surface area contributed by atoms with Crippen LogP contribution in [0.2, 0.25) is 0 Å². The monoisotopic (exact) mass is 1060 g/mol. The van der Waals surface area contributed by atoms with Crippen molar-refractivity contribution in [3.05, 3.63) is 158 Å². The zero-order valence-electron chi connectivity index (χ0n) is 49.4. The van der Waals surface area contributed by atoms with E-state index in [-0.39, 0.29) is 31.1 Å². The minimum absolute atomic E-state index is 0.0961. The van der Waals surface area contributed by atoms with Crippen LogP contribution in [0, 0.1) is 0 Å². The maximum atomic E-state index is 12.8. The number of ether oxygens (including phenoxy) is 3. The van der Waals surface area contributed by atoms with Gasteiger partial charge >= 0.3 is 17.9 Å². The van der Waals surface area contributed by atoms with Crippen LogP contribution < -0.4 is 0 Å². The predicted molar refractivity (Wildman–Crippen MR) is 334 cm³/mol. The Labute approximate surface area is 473 Å². The van der Waals surface area contributed by atoms with E-state index in [0.29, 0.717) is 19.3 Å². The van der Waals surface area contributed by atoms with E-state index in [0.717, 1.165) is 173 Å². The molecule has 6 nitrogen and oxygen atoms in total. The Bertz CT molecular complexity index is 1740. The second kappa shape index (κ2) is 63.6. The number of allylic oxidation sites excluding steroid dienone is 26. The Morgan fingerprint density at radius 2 is 0.506 bits per heavy atom. The minimum atomic E-state index is -0.800. The molecule has 0 amide bonds. The molecule has 0 aliphatic heterocycles. The Hall–Kier alpha value is -4.97. The van der Waals surface area contributed by atoms with Gasteiger partial charge in [-0.15, -0.1) is 0 Å². The first-order valence-electron chi connectivity index (χ1n) is 31.0. The summed E-state index contributed by atoms with van der Waals surface area (Å²) < 4.78 is 16.8. The Morgan fingerprint density at radius 1 is 0.273 bits per heavy atom. The molecule has 0 spiro atoms. The highest BCUT2D eigenvalue weighted by Crippen LogP contribution is 2.14. The smallest absolute Gasteiger partial charge is 0.306 e. The van der Waals surface area contributed by atoms with E-state index in [9.17, 15) is 14.4 Å². The van der Waals surface area contributed by atoms with E-state index in [1.165, 1.54) is 38.5 Å². The van der Waals surface area contributed by atoms with Crippen molar-refractivity contribution in [3.8, 4) is 0 Å². The van der Waals surface area contributed by atoms with Gasteiger partial charge in [-0.25, -0.2) is 0 Å². The number of carbonyl (C=O) groups excluding carboxylic acids is 3. The highest BCUT2D eigenvalue weighted by molar-refractivity contribution is 5.71. The molecule has 0 aromatic rings. The topological polar surface area (TPSA) is 78.9 Å². The lowest BCUT2D eigenvalue weighted by molar-refractivity contribution is -0.167. The van der Waals surface area contributed by atoms with Gasteiger partial charge in [-0.2, -0.15) is 0 Å². The van der Waals surface area contributed by atoms with Crippen LogP contribution in [0.1, 0.15) is 252 Å². The van der Waals surface area contributed by atoms with Crippen LogP contribution in [-0.2, 0) is 28.6 Å². The van der Waals surface area contributed by atoms with Crippen LogP contribution in [0.4, 0.5) is 0 Å². The zero-order chi connectivity index (χ0) is 55.7. The maximum absolute atomic E-state index is 12.8. The number of esters is 3. The summed E-state index contributed by atoms with van der Waals surface area (Å²) in [5.41, 5.74) is 0. The van der Waals surface area contributed by atoms with Crippen LogP contribution in [0.25, 0.3) is 0 Å². The van der Waals surface area contributed by atoms with E-state index in [4.69, 9.17) is 14.2 Å². The fraction of sp³-hybridized carbons (Fsp3) is 0.592. The lowest BCUT2D eigenvalue weighted by Crippen LogP contribution is -2.30. The molecule has 0 aliphatic carbocycles. The van der Waals surface area contributed by atoms with E-state index < -0.39 is 6.10 Å². The van der Waals surface area contributed by atoms with E-state index in [2.05, 4.69) is 179 Å². The fourth-order valence-corrected chi connectivity index (χ4v) is 7.95. The van der Waals surface area contributed by atoms with Gasteiger partial charge in [-0.1, -0.05) is 262 Å². The summed E-state index contributed by atoms with van der Waals surface area (Å²) in [7, 11) is 0. The number of carbonyl (C=O) groups is 3. The molecule has 77 heavy (non-hydrogen) atoms. The van der Waals surface area contributed by atoms with Gasteiger partial charge in [0.25, 0.3) is 0 Å². The van der Waals surface area contributed by atoms with E-state index in [1.54, 1.807) is 0 Å². The second-order valence-corrected chi connectivity index (χ2v) is 19.9. The first-order chi connectivity index (χ1) is 38.0. The van der Waals surface area contributed by atoms with Crippen LogP contribution in [0.15, 0.2) is 158 Å². The van der Waals surface area contributed by atoms with Crippen molar-refractivity contribution < 1.29 is 28.6 Å². The van der Waals surface area contributed by atoms with Gasteiger partial charge in [0.05, 0.1) is 0 Å². The summed E-state index contributed by atoms with van der Waals surface area (Å²) in [5.74, 6) is -0.943. The SMILES string of the molecule is CC/C=C\C/C=C\C/C=C\C/C=C\C/C=C\C/C=C\C/C=C\C/C=C\CCCCCCCCC(=O)OCC(COC(=O)CCCCCCCCC)OC(=O)CCCCCCC/C=C\C/C=C\C/C=C\C/C=C\C/C=C\CC. The average molecular weight is 1060 g/mol. The molecule has 0 aromatic heterocycles. The number of hydrogen-bond acceptors (Lipinski definition) is 6. The lowest BCUT2D eigenvalue weighted by Gasteiger charge is -2.18. The quantitative estimate of drug-likeness (QED) is 0.0261. The molecule has 0 fully saturated rings. The molecular weight excluding hydrogens is 949 g/mol. The summed E-state index contributed by atoms with van der Waals surface area (Å²) in [6.45, 7) is 6.33. The van der Waals surface area contributed by atoms with Gasteiger partial charge in [0, 0.05) is 19.3 Å². The molecule has 1 atom stereocenters. The molecule has 1 unspecified atom stereocenters. The highest BCUT2D eigenvalue weighted by atomic mass is 16.6. The zero-order valence-corrected chi connectivity index (χ0v) is 49.4. The molecule has 0 rings (SSSR count). The Kier molecular flexibility index (Phi) is 59.5. The maximum Gasteiger partial charge on any atom is 0.306 e. The Morgan fingerprint density at radius 3 is 0.792 bits per heavy atom. The first-order valence-corrected chi connectivity index (χ1v) is 31.0. The van der Waals surface area contributed by atoms with Crippen molar-refractivity contribution in [2.45, 2.75) is 258 Å². The largest absolute Gasteiger partial charge is 0.462 e. The Balaban J connectivity index is 4.26. The molecular formula is C71H112O6. The van der Waals surface area contributed by atoms with Crippen molar-refractivity contribution in [2.75, 3.05) is 13.2 Å². The van der Waals surface area contributed by atoms with Gasteiger partial charge < -0.3 is 14.2 Å². The highest BCUT2D eigenvalue weighted by Gasteiger charge is 2.19. The predicted octanol–water partition coefficient (Wildman–Crippen LogP) is 21.3. The van der Waals surface area contributed by atoms with Crippen LogP contribution >= 0.6 is 0 Å². The van der Waals surface area contributed by atoms with Crippen molar-refractivity contribution in [1.29, 1.82) is 0 Å². The van der Waals surface area contributed by atoms with Gasteiger partial charge in [0.2, 0.25) is 0 Å². The average Bonchev–Trinajstić information content (AvgIpc) is 3.43. The third-order valence-electron chi connectivity index (χ3n) is 12.5. The van der Waals surface area contributed by atoms with Crippen LogP contribution in [0.5, 0.6) is 0 Å². The molecule has 432 valence electrons.